The Morgan fingerprint density at radius 1 is 1.70 bits per heavy atom. The Labute approximate surface area is 60.7 Å². The number of hydrazone groups is 1. The predicted octanol–water partition coefficient (Wildman–Crippen LogP) is 0.670. The minimum absolute atomic E-state index is 0.244. The molecule has 3 heteroatoms. The van der Waals surface area contributed by atoms with Crippen molar-refractivity contribution in [1.29, 1.82) is 0 Å². The molecule has 3 nitrogen and oxygen atoms in total. The lowest BCUT2D eigenvalue weighted by molar-refractivity contribution is -0.0966. The van der Waals surface area contributed by atoms with E-state index in [2.05, 4.69) is 12.0 Å². The molecule has 0 bridgehead atoms. The molecule has 0 N–H and O–H groups in total. The van der Waals surface area contributed by atoms with Gasteiger partial charge in [-0.25, -0.2) is 0 Å². The van der Waals surface area contributed by atoms with Crippen molar-refractivity contribution in [1.82, 2.24) is 5.01 Å². The number of ether oxygens (including phenoxy) is 1. The summed E-state index contributed by atoms with van der Waals surface area (Å²) < 4.78 is 5.52. The van der Waals surface area contributed by atoms with Gasteiger partial charge in [0, 0.05) is 18.7 Å². The van der Waals surface area contributed by atoms with E-state index >= 15 is 0 Å². The van der Waals surface area contributed by atoms with Gasteiger partial charge in [0.15, 0.2) is 6.23 Å². The molecule has 2 aliphatic heterocycles. The maximum atomic E-state index is 5.52. The third-order valence-electron chi connectivity index (χ3n) is 2.01. The zero-order chi connectivity index (χ0) is 6.97. The highest BCUT2D eigenvalue weighted by Crippen LogP contribution is 2.21. The summed E-state index contributed by atoms with van der Waals surface area (Å²) in [5.74, 6) is 0.472. The molecule has 1 fully saturated rings. The minimum Gasteiger partial charge on any atom is -0.356 e. The fraction of sp³-hybridized carbons (Fsp3) is 0.857. The van der Waals surface area contributed by atoms with E-state index in [1.54, 1.807) is 0 Å². The summed E-state index contributed by atoms with van der Waals surface area (Å²) in [5.41, 5.74) is 0. The Morgan fingerprint density at radius 3 is 3.40 bits per heavy atom. The second kappa shape index (κ2) is 2.23. The third-order valence-corrected chi connectivity index (χ3v) is 2.01. The predicted molar refractivity (Wildman–Crippen MR) is 38.7 cm³/mol. The van der Waals surface area contributed by atoms with Gasteiger partial charge in [0.1, 0.15) is 0 Å². The quantitative estimate of drug-likeness (QED) is 0.494. The number of nitrogens with zero attached hydrogens (tertiary/aromatic N) is 2. The molecule has 0 aromatic rings. The van der Waals surface area contributed by atoms with Crippen LogP contribution in [0.3, 0.4) is 0 Å². The van der Waals surface area contributed by atoms with Gasteiger partial charge in [-0.05, 0) is 6.42 Å². The molecule has 0 aromatic carbocycles. The molecule has 2 aliphatic rings. The van der Waals surface area contributed by atoms with Crippen LogP contribution in [0.5, 0.6) is 0 Å². The van der Waals surface area contributed by atoms with Crippen LogP contribution in [-0.2, 0) is 4.74 Å². The van der Waals surface area contributed by atoms with Gasteiger partial charge in [-0.1, -0.05) is 6.92 Å². The van der Waals surface area contributed by atoms with Crippen LogP contribution < -0.4 is 0 Å². The zero-order valence-electron chi connectivity index (χ0n) is 6.16. The van der Waals surface area contributed by atoms with E-state index in [9.17, 15) is 0 Å². The molecule has 0 spiro atoms. The Kier molecular flexibility index (Phi) is 1.38. The summed E-state index contributed by atoms with van der Waals surface area (Å²) in [6.07, 6.45) is 3.32. The SMILES string of the molecule is CC1C=NN2CCCOC12. The third kappa shape index (κ3) is 0.814. The lowest BCUT2D eigenvalue weighted by Crippen LogP contribution is -2.39. The summed E-state index contributed by atoms with van der Waals surface area (Å²) in [4.78, 5) is 0. The maximum Gasteiger partial charge on any atom is 0.153 e. The largest absolute Gasteiger partial charge is 0.356 e. The van der Waals surface area contributed by atoms with Gasteiger partial charge in [0.05, 0.1) is 6.61 Å². The summed E-state index contributed by atoms with van der Waals surface area (Å²) in [5, 5.41) is 6.26. The molecule has 0 aliphatic carbocycles. The van der Waals surface area contributed by atoms with Crippen LogP contribution in [0.25, 0.3) is 0 Å². The number of hydrogen-bond donors (Lipinski definition) is 0. The number of hydrogen-bond acceptors (Lipinski definition) is 3. The van der Waals surface area contributed by atoms with Crippen LogP contribution in [0.15, 0.2) is 5.10 Å². The molecule has 2 heterocycles. The molecule has 2 unspecified atom stereocenters. The van der Waals surface area contributed by atoms with Crippen molar-refractivity contribution in [3.05, 3.63) is 0 Å². The monoisotopic (exact) mass is 140 g/mol. The second-order valence-corrected chi connectivity index (χ2v) is 2.90. The van der Waals surface area contributed by atoms with Crippen LogP contribution >= 0.6 is 0 Å². The first-order valence-electron chi connectivity index (χ1n) is 3.80. The van der Waals surface area contributed by atoms with Crippen LogP contribution in [-0.4, -0.2) is 30.6 Å². The van der Waals surface area contributed by atoms with E-state index in [1.165, 1.54) is 0 Å². The molecule has 2 rings (SSSR count). The van der Waals surface area contributed by atoms with Crippen LogP contribution in [0.2, 0.25) is 0 Å². The first kappa shape index (κ1) is 6.16. The maximum absolute atomic E-state index is 5.52. The molecular formula is C7H12N2O. The molecule has 0 saturated carbocycles. The summed E-state index contributed by atoms with van der Waals surface area (Å²) in [7, 11) is 0. The summed E-state index contributed by atoms with van der Waals surface area (Å²) >= 11 is 0. The van der Waals surface area contributed by atoms with Gasteiger partial charge in [-0.3, -0.25) is 5.01 Å². The van der Waals surface area contributed by atoms with Gasteiger partial charge in [0.2, 0.25) is 0 Å². The number of rotatable bonds is 0. The first-order chi connectivity index (χ1) is 4.88. The second-order valence-electron chi connectivity index (χ2n) is 2.90. The van der Waals surface area contributed by atoms with Crippen molar-refractivity contribution in [2.45, 2.75) is 19.6 Å². The highest BCUT2D eigenvalue weighted by molar-refractivity contribution is 5.62. The van der Waals surface area contributed by atoms with E-state index in [0.29, 0.717) is 5.92 Å². The average Bonchev–Trinajstić information content (AvgIpc) is 2.34. The van der Waals surface area contributed by atoms with E-state index in [0.717, 1.165) is 19.6 Å². The number of fused-ring (bicyclic) bond motifs is 1. The van der Waals surface area contributed by atoms with E-state index in [1.807, 2.05) is 11.2 Å². The smallest absolute Gasteiger partial charge is 0.153 e. The first-order valence-corrected chi connectivity index (χ1v) is 3.80. The Morgan fingerprint density at radius 2 is 2.60 bits per heavy atom. The Hall–Kier alpha value is -0.570. The molecule has 0 radical (unpaired) electrons. The minimum atomic E-state index is 0.244. The molecule has 56 valence electrons. The van der Waals surface area contributed by atoms with Crippen LogP contribution in [0, 0.1) is 5.92 Å². The molecule has 1 saturated heterocycles. The zero-order valence-corrected chi connectivity index (χ0v) is 6.16. The fourth-order valence-electron chi connectivity index (χ4n) is 1.45. The molecule has 2 atom stereocenters. The summed E-state index contributed by atoms with van der Waals surface area (Å²) in [6, 6.07) is 0. The van der Waals surface area contributed by atoms with Crippen molar-refractivity contribution in [3.8, 4) is 0 Å². The van der Waals surface area contributed by atoms with Gasteiger partial charge in [0.25, 0.3) is 0 Å². The normalized spacial score (nSPS) is 38.3. The van der Waals surface area contributed by atoms with Crippen LogP contribution in [0.4, 0.5) is 0 Å². The Bertz CT molecular complexity index is 158. The summed E-state index contributed by atoms with van der Waals surface area (Å²) in [6.45, 7) is 4.10. The standard InChI is InChI=1S/C7H12N2O/c1-6-5-8-9-3-2-4-10-7(6)9/h5-7H,2-4H2,1H3. The molecule has 0 aromatic heterocycles. The van der Waals surface area contributed by atoms with Crippen molar-refractivity contribution in [3.63, 3.8) is 0 Å². The van der Waals surface area contributed by atoms with E-state index < -0.39 is 0 Å². The van der Waals surface area contributed by atoms with Crippen molar-refractivity contribution in [2.24, 2.45) is 11.0 Å². The Balaban J connectivity index is 2.07. The van der Waals surface area contributed by atoms with Crippen LogP contribution in [0.1, 0.15) is 13.3 Å². The van der Waals surface area contributed by atoms with Crippen molar-refractivity contribution < 1.29 is 4.74 Å². The molecular weight excluding hydrogens is 128 g/mol. The highest BCUT2D eigenvalue weighted by Gasteiger charge is 2.30. The fourth-order valence-corrected chi connectivity index (χ4v) is 1.45. The van der Waals surface area contributed by atoms with E-state index in [4.69, 9.17) is 4.74 Å². The highest BCUT2D eigenvalue weighted by atomic mass is 16.5. The molecule has 0 amide bonds. The van der Waals surface area contributed by atoms with Gasteiger partial charge >= 0.3 is 0 Å². The lowest BCUT2D eigenvalue weighted by atomic mass is 10.1. The van der Waals surface area contributed by atoms with Gasteiger partial charge in [-0.2, -0.15) is 5.10 Å². The van der Waals surface area contributed by atoms with Gasteiger partial charge < -0.3 is 4.74 Å². The van der Waals surface area contributed by atoms with Gasteiger partial charge in [-0.15, -0.1) is 0 Å². The lowest BCUT2D eigenvalue weighted by Gasteiger charge is -2.30. The van der Waals surface area contributed by atoms with Crippen molar-refractivity contribution in [2.75, 3.05) is 13.2 Å². The average molecular weight is 140 g/mol. The van der Waals surface area contributed by atoms with E-state index in [-0.39, 0.29) is 6.23 Å². The molecule has 10 heavy (non-hydrogen) atoms. The van der Waals surface area contributed by atoms with Crippen molar-refractivity contribution >= 4 is 6.21 Å². The topological polar surface area (TPSA) is 24.8 Å².